The first kappa shape index (κ1) is 13.9. The fourth-order valence-corrected chi connectivity index (χ4v) is 2.08. The predicted octanol–water partition coefficient (Wildman–Crippen LogP) is 0.458. The molecule has 1 aliphatic heterocycles. The number of aliphatic hydroxyl groups is 1. The van der Waals surface area contributed by atoms with Crippen LogP contribution in [0.1, 0.15) is 26.7 Å². The molecule has 4 heteroatoms. The molecule has 0 aromatic carbocycles. The second kappa shape index (κ2) is 8.01. The summed E-state index contributed by atoms with van der Waals surface area (Å²) in [6.45, 7) is 8.92. The fraction of sp³-hybridized carbons (Fsp3) is 1.00. The maximum Gasteiger partial charge on any atom is 0.0596 e. The Morgan fingerprint density at radius 1 is 1.44 bits per heavy atom. The van der Waals surface area contributed by atoms with Crippen LogP contribution >= 0.6 is 0 Å². The minimum atomic E-state index is 0.231. The summed E-state index contributed by atoms with van der Waals surface area (Å²) in [5.74, 6) is 0. The molecule has 1 atom stereocenters. The predicted molar refractivity (Wildman–Crippen MR) is 65.6 cm³/mol. The first-order valence-corrected chi connectivity index (χ1v) is 6.40. The molecule has 1 fully saturated rings. The number of nitrogens with one attached hydrogen (secondary N) is 1. The van der Waals surface area contributed by atoms with Gasteiger partial charge in [-0.05, 0) is 33.2 Å². The number of rotatable bonds is 8. The van der Waals surface area contributed by atoms with Crippen molar-refractivity contribution in [2.75, 3.05) is 39.4 Å². The minimum absolute atomic E-state index is 0.231. The van der Waals surface area contributed by atoms with Crippen LogP contribution in [0.3, 0.4) is 0 Å². The second-order valence-electron chi connectivity index (χ2n) is 4.74. The van der Waals surface area contributed by atoms with E-state index in [1.54, 1.807) is 0 Å². The summed E-state index contributed by atoms with van der Waals surface area (Å²) in [4.78, 5) is 2.28. The molecule has 1 unspecified atom stereocenters. The lowest BCUT2D eigenvalue weighted by Gasteiger charge is -2.25. The van der Waals surface area contributed by atoms with Gasteiger partial charge in [-0.15, -0.1) is 0 Å². The van der Waals surface area contributed by atoms with E-state index in [0.717, 1.165) is 32.8 Å². The van der Waals surface area contributed by atoms with Gasteiger partial charge in [-0.25, -0.2) is 0 Å². The van der Waals surface area contributed by atoms with Gasteiger partial charge in [0.15, 0.2) is 0 Å². The van der Waals surface area contributed by atoms with Gasteiger partial charge in [0.2, 0.25) is 0 Å². The van der Waals surface area contributed by atoms with E-state index >= 15 is 0 Å². The van der Waals surface area contributed by atoms with Crippen molar-refractivity contribution in [1.29, 1.82) is 0 Å². The molecule has 0 aliphatic carbocycles. The summed E-state index contributed by atoms with van der Waals surface area (Å²) in [6.07, 6.45) is 2.83. The Hall–Kier alpha value is -0.160. The second-order valence-corrected chi connectivity index (χ2v) is 4.74. The molecule has 0 bridgehead atoms. The first-order chi connectivity index (χ1) is 7.72. The van der Waals surface area contributed by atoms with Crippen LogP contribution in [0, 0.1) is 0 Å². The number of nitrogens with zero attached hydrogens (tertiary/aromatic N) is 1. The normalized spacial score (nSPS) is 21.2. The molecule has 1 saturated heterocycles. The molecule has 0 amide bonds. The summed E-state index contributed by atoms with van der Waals surface area (Å²) < 4.78 is 5.54. The molecule has 1 heterocycles. The largest absolute Gasteiger partial charge is 0.395 e. The molecular formula is C12H26N2O2. The number of hydrogen-bond donors (Lipinski definition) is 2. The molecule has 1 aliphatic rings. The van der Waals surface area contributed by atoms with E-state index in [9.17, 15) is 0 Å². The van der Waals surface area contributed by atoms with Gasteiger partial charge in [0.1, 0.15) is 0 Å². The monoisotopic (exact) mass is 230 g/mol. The maximum atomic E-state index is 9.02. The third kappa shape index (κ3) is 5.80. The Bertz CT molecular complexity index is 170. The zero-order chi connectivity index (χ0) is 11.8. The van der Waals surface area contributed by atoms with Crippen molar-refractivity contribution < 1.29 is 9.84 Å². The molecule has 16 heavy (non-hydrogen) atoms. The van der Waals surface area contributed by atoms with E-state index in [-0.39, 0.29) is 6.61 Å². The zero-order valence-corrected chi connectivity index (χ0v) is 10.6. The lowest BCUT2D eigenvalue weighted by Crippen LogP contribution is -2.40. The molecule has 1 rings (SSSR count). The standard InChI is InChI=1S/C12H26N2O2/c1-11(2)16-9-7-14(6-8-15)10-12-4-3-5-13-12/h11-13,15H,3-10H2,1-2H3. The Labute approximate surface area is 99.0 Å². The van der Waals surface area contributed by atoms with E-state index in [0.29, 0.717) is 12.1 Å². The molecular weight excluding hydrogens is 204 g/mol. The van der Waals surface area contributed by atoms with Crippen LogP contribution in [-0.2, 0) is 4.74 Å². The molecule has 0 saturated carbocycles. The SMILES string of the molecule is CC(C)OCCN(CCO)CC1CCCN1. The molecule has 0 spiro atoms. The Kier molecular flexibility index (Phi) is 6.96. The number of aliphatic hydroxyl groups excluding tert-OH is 1. The van der Waals surface area contributed by atoms with Gasteiger partial charge in [-0.3, -0.25) is 4.90 Å². The van der Waals surface area contributed by atoms with E-state index < -0.39 is 0 Å². The van der Waals surface area contributed by atoms with E-state index in [2.05, 4.69) is 24.1 Å². The van der Waals surface area contributed by atoms with Crippen molar-refractivity contribution in [3.63, 3.8) is 0 Å². The summed E-state index contributed by atoms with van der Waals surface area (Å²) in [6, 6.07) is 0.602. The highest BCUT2D eigenvalue weighted by Gasteiger charge is 2.17. The van der Waals surface area contributed by atoms with Crippen LogP contribution in [0.15, 0.2) is 0 Å². The van der Waals surface area contributed by atoms with Crippen LogP contribution in [0.5, 0.6) is 0 Å². The number of ether oxygens (including phenoxy) is 1. The van der Waals surface area contributed by atoms with Crippen LogP contribution in [-0.4, -0.2) is 61.5 Å². The third-order valence-corrected chi connectivity index (χ3v) is 2.92. The highest BCUT2D eigenvalue weighted by atomic mass is 16.5. The van der Waals surface area contributed by atoms with Gasteiger partial charge < -0.3 is 15.2 Å². The minimum Gasteiger partial charge on any atom is -0.395 e. The topological polar surface area (TPSA) is 44.7 Å². The quantitative estimate of drug-likeness (QED) is 0.636. The fourth-order valence-electron chi connectivity index (χ4n) is 2.08. The van der Waals surface area contributed by atoms with Crippen molar-refractivity contribution in [3.8, 4) is 0 Å². The van der Waals surface area contributed by atoms with Gasteiger partial charge in [-0.2, -0.15) is 0 Å². The maximum absolute atomic E-state index is 9.02. The lowest BCUT2D eigenvalue weighted by molar-refractivity contribution is 0.0534. The Morgan fingerprint density at radius 3 is 2.81 bits per heavy atom. The molecule has 0 aromatic rings. The Balaban J connectivity index is 2.17. The van der Waals surface area contributed by atoms with Crippen molar-refractivity contribution in [2.45, 2.75) is 38.8 Å². The zero-order valence-electron chi connectivity index (χ0n) is 10.6. The molecule has 0 aromatic heterocycles. The summed E-state index contributed by atoms with van der Waals surface area (Å²) in [5, 5.41) is 12.5. The highest BCUT2D eigenvalue weighted by Crippen LogP contribution is 2.06. The van der Waals surface area contributed by atoms with Crippen LogP contribution < -0.4 is 5.32 Å². The van der Waals surface area contributed by atoms with E-state index in [1.165, 1.54) is 12.8 Å². The summed E-state index contributed by atoms with van der Waals surface area (Å²) in [7, 11) is 0. The van der Waals surface area contributed by atoms with Crippen LogP contribution in [0.25, 0.3) is 0 Å². The van der Waals surface area contributed by atoms with Crippen molar-refractivity contribution in [3.05, 3.63) is 0 Å². The summed E-state index contributed by atoms with van der Waals surface area (Å²) >= 11 is 0. The van der Waals surface area contributed by atoms with Gasteiger partial charge in [0, 0.05) is 25.7 Å². The third-order valence-electron chi connectivity index (χ3n) is 2.92. The summed E-state index contributed by atoms with van der Waals surface area (Å²) in [5.41, 5.74) is 0. The van der Waals surface area contributed by atoms with Gasteiger partial charge in [0.25, 0.3) is 0 Å². The smallest absolute Gasteiger partial charge is 0.0596 e. The highest BCUT2D eigenvalue weighted by molar-refractivity contribution is 4.77. The molecule has 96 valence electrons. The molecule has 0 radical (unpaired) electrons. The van der Waals surface area contributed by atoms with Crippen molar-refractivity contribution in [2.24, 2.45) is 0 Å². The van der Waals surface area contributed by atoms with Crippen molar-refractivity contribution >= 4 is 0 Å². The average Bonchev–Trinajstić information content (AvgIpc) is 2.70. The van der Waals surface area contributed by atoms with Gasteiger partial charge in [-0.1, -0.05) is 0 Å². The van der Waals surface area contributed by atoms with Gasteiger partial charge >= 0.3 is 0 Å². The molecule has 2 N–H and O–H groups in total. The van der Waals surface area contributed by atoms with Crippen LogP contribution in [0.2, 0.25) is 0 Å². The van der Waals surface area contributed by atoms with Crippen molar-refractivity contribution in [1.82, 2.24) is 10.2 Å². The van der Waals surface area contributed by atoms with Gasteiger partial charge in [0.05, 0.1) is 19.3 Å². The lowest BCUT2D eigenvalue weighted by atomic mass is 10.2. The van der Waals surface area contributed by atoms with Crippen LogP contribution in [0.4, 0.5) is 0 Å². The number of hydrogen-bond acceptors (Lipinski definition) is 4. The Morgan fingerprint density at radius 2 is 2.25 bits per heavy atom. The first-order valence-electron chi connectivity index (χ1n) is 6.40. The average molecular weight is 230 g/mol. The van der Waals surface area contributed by atoms with E-state index in [1.807, 2.05) is 0 Å². The molecule has 4 nitrogen and oxygen atoms in total. The van der Waals surface area contributed by atoms with E-state index in [4.69, 9.17) is 9.84 Å².